The number of nitrogens with one attached hydrogen (secondary N) is 1. The Balaban J connectivity index is 1.56. The first-order chi connectivity index (χ1) is 16.5. The van der Waals surface area contributed by atoms with Crippen molar-refractivity contribution >= 4 is 17.9 Å². The second-order valence-electron chi connectivity index (χ2n) is 7.94. The fourth-order valence-electron chi connectivity index (χ4n) is 3.81. The Bertz CT molecular complexity index is 1170. The molecule has 3 heterocycles. The average Bonchev–Trinajstić information content (AvgIpc) is 3.43. The number of carbonyl (C=O) groups excluding carboxylic acids is 1. The smallest absolute Gasteiger partial charge is 0.293 e. The van der Waals surface area contributed by atoms with Crippen molar-refractivity contribution in [1.29, 1.82) is 0 Å². The molecular formula is C21H27N9O4. The van der Waals surface area contributed by atoms with Gasteiger partial charge in [0.2, 0.25) is 11.6 Å². The molecule has 0 radical (unpaired) electrons. The monoisotopic (exact) mass is 469 g/mol. The summed E-state index contributed by atoms with van der Waals surface area (Å²) in [5.74, 6) is 0.0267. The number of phenols is 1. The summed E-state index contributed by atoms with van der Waals surface area (Å²) < 4.78 is 11.4. The van der Waals surface area contributed by atoms with Crippen LogP contribution in [0.2, 0.25) is 0 Å². The summed E-state index contributed by atoms with van der Waals surface area (Å²) in [6.07, 6.45) is 4.75. The van der Waals surface area contributed by atoms with Crippen LogP contribution in [0, 0.1) is 0 Å². The lowest BCUT2D eigenvalue weighted by Crippen LogP contribution is -2.38. The van der Waals surface area contributed by atoms with Gasteiger partial charge in [-0.05, 0) is 67.3 Å². The Labute approximate surface area is 195 Å². The largest absolute Gasteiger partial charge is 0.504 e. The zero-order chi connectivity index (χ0) is 24.1. The number of hydrogen-bond acceptors (Lipinski definition) is 11. The summed E-state index contributed by atoms with van der Waals surface area (Å²) in [5, 5.41) is 29.4. The summed E-state index contributed by atoms with van der Waals surface area (Å²) in [7, 11) is 0. The van der Waals surface area contributed by atoms with Gasteiger partial charge in [0, 0.05) is 12.6 Å². The molecule has 1 saturated heterocycles. The van der Waals surface area contributed by atoms with Crippen molar-refractivity contribution in [3.63, 3.8) is 0 Å². The third-order valence-electron chi connectivity index (χ3n) is 5.63. The van der Waals surface area contributed by atoms with Crippen LogP contribution in [0.15, 0.2) is 27.9 Å². The van der Waals surface area contributed by atoms with E-state index in [2.05, 4.69) is 43.0 Å². The van der Waals surface area contributed by atoms with Gasteiger partial charge >= 0.3 is 0 Å². The standard InChI is InChI=1S/C21H27N9O4/c1-3-33-17-10-14(7-8-16(17)31)11-23-25-21(32)18-15(12-29-9-5-4-6-13(29)2)30(28-24-18)20-19(22)26-34-27-20/h7-8,10-11,13,31H,3-6,9,12H2,1-2H3,(H2,22,26)(H,25,32)/b23-11+/t13-/m1/s1. The first-order valence-corrected chi connectivity index (χ1v) is 11.0. The van der Waals surface area contributed by atoms with Crippen LogP contribution >= 0.6 is 0 Å². The maximum Gasteiger partial charge on any atom is 0.293 e. The number of anilines is 1. The lowest BCUT2D eigenvalue weighted by Gasteiger charge is -2.33. The molecule has 4 N–H and O–H groups in total. The van der Waals surface area contributed by atoms with Gasteiger partial charge in [0.25, 0.3) is 5.91 Å². The van der Waals surface area contributed by atoms with Crippen LogP contribution in [0.4, 0.5) is 5.82 Å². The van der Waals surface area contributed by atoms with Gasteiger partial charge in [-0.25, -0.2) is 10.1 Å². The highest BCUT2D eigenvalue weighted by atomic mass is 16.6. The van der Waals surface area contributed by atoms with Crippen molar-refractivity contribution in [3.8, 4) is 17.3 Å². The molecule has 1 aromatic carbocycles. The van der Waals surface area contributed by atoms with Crippen LogP contribution in [0.25, 0.3) is 5.82 Å². The number of aromatic nitrogens is 5. The number of likely N-dealkylation sites (tertiary alicyclic amines) is 1. The van der Waals surface area contributed by atoms with E-state index in [4.69, 9.17) is 15.1 Å². The molecule has 4 rings (SSSR count). The number of aromatic hydroxyl groups is 1. The number of ether oxygens (including phenoxy) is 1. The number of rotatable bonds is 8. The van der Waals surface area contributed by atoms with Crippen molar-refractivity contribution in [1.82, 2.24) is 35.6 Å². The minimum atomic E-state index is -0.541. The van der Waals surface area contributed by atoms with Gasteiger partial charge in [0.1, 0.15) is 0 Å². The number of carbonyl (C=O) groups is 1. The lowest BCUT2D eigenvalue weighted by atomic mass is 10.0. The Hall–Kier alpha value is -4.00. The molecule has 180 valence electrons. The molecule has 1 amide bonds. The molecule has 1 fully saturated rings. The van der Waals surface area contributed by atoms with Gasteiger partial charge in [0.15, 0.2) is 17.2 Å². The molecule has 0 spiro atoms. The van der Waals surface area contributed by atoms with Crippen LogP contribution < -0.4 is 15.9 Å². The predicted octanol–water partition coefficient (Wildman–Crippen LogP) is 1.48. The van der Waals surface area contributed by atoms with E-state index >= 15 is 0 Å². The normalized spacial score (nSPS) is 16.7. The number of nitrogen functional groups attached to an aromatic ring is 1. The molecule has 3 aromatic rings. The molecule has 1 aliphatic heterocycles. The fraction of sp³-hybridized carbons (Fsp3) is 0.429. The topological polar surface area (TPSA) is 170 Å². The maximum atomic E-state index is 13.0. The second-order valence-corrected chi connectivity index (χ2v) is 7.94. The lowest BCUT2D eigenvalue weighted by molar-refractivity contribution is 0.0945. The molecule has 13 nitrogen and oxygen atoms in total. The van der Waals surface area contributed by atoms with Gasteiger partial charge in [-0.1, -0.05) is 11.6 Å². The molecule has 0 bridgehead atoms. The number of nitrogens with zero attached hydrogens (tertiary/aromatic N) is 7. The van der Waals surface area contributed by atoms with E-state index in [-0.39, 0.29) is 23.1 Å². The molecule has 13 heteroatoms. The van der Waals surface area contributed by atoms with Crippen molar-refractivity contribution in [3.05, 3.63) is 35.2 Å². The molecule has 0 unspecified atom stereocenters. The van der Waals surface area contributed by atoms with Gasteiger partial charge in [0.05, 0.1) is 18.5 Å². The third kappa shape index (κ3) is 4.98. The predicted molar refractivity (Wildman–Crippen MR) is 122 cm³/mol. The third-order valence-corrected chi connectivity index (χ3v) is 5.63. The number of phenolic OH excluding ortho intramolecular Hbond substituents is 1. The zero-order valence-corrected chi connectivity index (χ0v) is 19.0. The van der Waals surface area contributed by atoms with Gasteiger partial charge < -0.3 is 15.6 Å². The Morgan fingerprint density at radius 1 is 1.41 bits per heavy atom. The first-order valence-electron chi connectivity index (χ1n) is 11.0. The highest BCUT2D eigenvalue weighted by Crippen LogP contribution is 2.26. The Kier molecular flexibility index (Phi) is 7.01. The quantitative estimate of drug-likeness (QED) is 0.324. The highest BCUT2D eigenvalue weighted by Gasteiger charge is 2.28. The summed E-state index contributed by atoms with van der Waals surface area (Å²) in [6.45, 7) is 5.68. The SMILES string of the molecule is CCOc1cc(/C=N/NC(=O)c2nnn(-c3nonc3N)c2CN2CCCC[C@H]2C)ccc1O. The summed E-state index contributed by atoms with van der Waals surface area (Å²) >= 11 is 0. The molecule has 1 atom stereocenters. The van der Waals surface area contributed by atoms with E-state index in [1.165, 1.54) is 23.4 Å². The summed E-state index contributed by atoms with van der Waals surface area (Å²) in [5.41, 5.74) is 9.57. The van der Waals surface area contributed by atoms with Crippen LogP contribution in [-0.4, -0.2) is 66.6 Å². The van der Waals surface area contributed by atoms with E-state index in [0.717, 1.165) is 19.4 Å². The maximum absolute atomic E-state index is 13.0. The number of piperidine rings is 1. The molecular weight excluding hydrogens is 442 g/mol. The van der Waals surface area contributed by atoms with Gasteiger partial charge in [-0.3, -0.25) is 9.69 Å². The zero-order valence-electron chi connectivity index (χ0n) is 19.0. The van der Waals surface area contributed by atoms with Crippen molar-refractivity contribution < 1.29 is 19.3 Å². The van der Waals surface area contributed by atoms with Crippen molar-refractivity contribution in [2.75, 3.05) is 18.9 Å². The van der Waals surface area contributed by atoms with E-state index in [0.29, 0.717) is 36.2 Å². The van der Waals surface area contributed by atoms with Crippen molar-refractivity contribution in [2.45, 2.75) is 45.7 Å². The number of benzene rings is 1. The number of nitrogens with two attached hydrogens (primary N) is 1. The van der Waals surface area contributed by atoms with Gasteiger partial charge in [-0.15, -0.1) is 5.10 Å². The summed E-state index contributed by atoms with van der Waals surface area (Å²) in [4.78, 5) is 15.2. The van der Waals surface area contributed by atoms with E-state index in [9.17, 15) is 9.90 Å². The van der Waals surface area contributed by atoms with Crippen molar-refractivity contribution in [2.24, 2.45) is 5.10 Å². The van der Waals surface area contributed by atoms with Crippen LogP contribution in [-0.2, 0) is 6.54 Å². The molecule has 34 heavy (non-hydrogen) atoms. The molecule has 0 saturated carbocycles. The minimum Gasteiger partial charge on any atom is -0.504 e. The minimum absolute atomic E-state index is 0.0258. The van der Waals surface area contributed by atoms with Crippen LogP contribution in [0.1, 0.15) is 54.9 Å². The number of amides is 1. The summed E-state index contributed by atoms with van der Waals surface area (Å²) in [6, 6.07) is 5.10. The van der Waals surface area contributed by atoms with Crippen LogP contribution in [0.5, 0.6) is 11.5 Å². The fourth-order valence-corrected chi connectivity index (χ4v) is 3.81. The average molecular weight is 470 g/mol. The first kappa shape index (κ1) is 23.2. The highest BCUT2D eigenvalue weighted by molar-refractivity contribution is 5.94. The Morgan fingerprint density at radius 2 is 2.26 bits per heavy atom. The van der Waals surface area contributed by atoms with E-state index in [1.54, 1.807) is 12.1 Å². The van der Waals surface area contributed by atoms with E-state index in [1.807, 2.05) is 6.92 Å². The van der Waals surface area contributed by atoms with Crippen LogP contribution in [0.3, 0.4) is 0 Å². The molecule has 0 aliphatic carbocycles. The number of hydrazone groups is 1. The molecule has 1 aliphatic rings. The van der Waals surface area contributed by atoms with E-state index < -0.39 is 5.91 Å². The second kappa shape index (κ2) is 10.3. The Morgan fingerprint density at radius 3 is 3.00 bits per heavy atom. The van der Waals surface area contributed by atoms with Gasteiger partial charge in [-0.2, -0.15) is 9.78 Å². The molecule has 2 aromatic heterocycles. The number of hydrogen-bond donors (Lipinski definition) is 3.